The van der Waals surface area contributed by atoms with Crippen molar-refractivity contribution in [3.05, 3.63) is 147 Å². The smallest absolute Gasteiger partial charge is 0.335 e. The predicted molar refractivity (Wildman–Crippen MR) is 186 cm³/mol. The third kappa shape index (κ3) is 7.04. The molecular weight excluding hydrogens is 698 g/mol. The molecule has 264 valence electrons. The van der Waals surface area contributed by atoms with Crippen molar-refractivity contribution in [1.29, 1.82) is 0 Å². The second-order valence-electron chi connectivity index (χ2n) is 11.5. The lowest BCUT2D eigenvalue weighted by Gasteiger charge is -2.18. The molecule has 0 aliphatic heterocycles. The van der Waals surface area contributed by atoms with Crippen LogP contribution in [0.4, 0.5) is 14.5 Å². The van der Waals surface area contributed by atoms with E-state index in [9.17, 15) is 27.6 Å². The van der Waals surface area contributed by atoms with Gasteiger partial charge >= 0.3 is 11.7 Å². The lowest BCUT2D eigenvalue weighted by Crippen LogP contribution is -2.43. The third-order valence-corrected chi connectivity index (χ3v) is 9.60. The lowest BCUT2D eigenvalue weighted by molar-refractivity contribution is -0.142. The van der Waals surface area contributed by atoms with Crippen LogP contribution in [0.25, 0.3) is 27.7 Å². The molecule has 0 fully saturated rings. The second-order valence-corrected chi connectivity index (χ2v) is 13.2. The van der Waals surface area contributed by atoms with Gasteiger partial charge in [0.05, 0.1) is 40.5 Å². The maximum Gasteiger partial charge on any atom is 0.335 e. The van der Waals surface area contributed by atoms with Gasteiger partial charge in [0.25, 0.3) is 21.5 Å². The van der Waals surface area contributed by atoms with Crippen LogP contribution in [0.1, 0.15) is 15.9 Å². The van der Waals surface area contributed by atoms with E-state index < -0.39 is 62.1 Å². The zero-order valence-electron chi connectivity index (χ0n) is 27.4. The molecule has 0 aliphatic carbocycles. The summed E-state index contributed by atoms with van der Waals surface area (Å²) in [6.45, 7) is 0. The quantitative estimate of drug-likeness (QED) is 0.200. The highest BCUT2D eigenvalue weighted by Gasteiger charge is 2.27. The van der Waals surface area contributed by atoms with E-state index in [1.807, 2.05) is 0 Å². The van der Waals surface area contributed by atoms with Gasteiger partial charge in [-0.3, -0.25) is 28.8 Å². The van der Waals surface area contributed by atoms with Crippen molar-refractivity contribution in [3.63, 3.8) is 0 Å². The van der Waals surface area contributed by atoms with Gasteiger partial charge in [-0.05, 0) is 71.3 Å². The number of aromatic nitrogens is 4. The summed E-state index contributed by atoms with van der Waals surface area (Å²) in [6.07, 6.45) is 5.82. The van der Waals surface area contributed by atoms with E-state index in [1.54, 1.807) is 36.7 Å². The van der Waals surface area contributed by atoms with Crippen LogP contribution >= 0.6 is 0 Å². The number of nitrogens with zero attached hydrogens (tertiary/aromatic N) is 4. The standard InChI is InChI=1S/C36H28F2N6O7S/c1-43-31-20-40-16-13-27(31)34(46)44(36(43)48)25-7-3-21(4-8-25)17-30(35(47)51-2)41-33(45)32-28(37)18-24(19-29(32)38)42-52(49,50)26-9-5-22(6-10-26)23-11-14-39-15-12-23/h3-16,18-20,30,42H,17H2,1-2H3,(H,41,45)/t30-/m0/s1. The van der Waals surface area contributed by atoms with E-state index in [1.165, 1.54) is 66.5 Å². The molecule has 3 aromatic carbocycles. The Bertz CT molecular complexity index is 2540. The Balaban J connectivity index is 1.18. The summed E-state index contributed by atoms with van der Waals surface area (Å²) >= 11 is 0. The molecule has 52 heavy (non-hydrogen) atoms. The summed E-state index contributed by atoms with van der Waals surface area (Å²) in [5, 5.41) is 2.54. The molecule has 13 nitrogen and oxygen atoms in total. The number of pyridine rings is 2. The summed E-state index contributed by atoms with van der Waals surface area (Å²) in [5.74, 6) is -5.02. The monoisotopic (exact) mass is 726 g/mol. The molecule has 2 N–H and O–H groups in total. The Kier molecular flexibility index (Phi) is 9.74. The predicted octanol–water partition coefficient (Wildman–Crippen LogP) is 3.74. The molecule has 0 aliphatic rings. The summed E-state index contributed by atoms with van der Waals surface area (Å²) in [5.41, 5.74) is -0.167. The van der Waals surface area contributed by atoms with Crippen LogP contribution in [-0.4, -0.2) is 52.5 Å². The number of rotatable bonds is 10. The Hall–Kier alpha value is -6.55. The number of benzene rings is 3. The van der Waals surface area contributed by atoms with E-state index >= 15 is 8.78 Å². The van der Waals surface area contributed by atoms with Crippen LogP contribution in [0.3, 0.4) is 0 Å². The first kappa shape index (κ1) is 35.3. The number of amides is 1. The Morgan fingerprint density at radius 1 is 0.865 bits per heavy atom. The highest BCUT2D eigenvalue weighted by atomic mass is 32.2. The number of ether oxygens (including phenoxy) is 1. The number of aryl methyl sites for hydroxylation is 1. The average molecular weight is 727 g/mol. The summed E-state index contributed by atoms with van der Waals surface area (Å²) < 4.78 is 65.6. The van der Waals surface area contributed by atoms with Gasteiger partial charge in [0.2, 0.25) is 0 Å². The molecule has 3 aromatic heterocycles. The van der Waals surface area contributed by atoms with Crippen LogP contribution in [0, 0.1) is 11.6 Å². The number of halogens is 2. The van der Waals surface area contributed by atoms with Crippen LogP contribution in [0.2, 0.25) is 0 Å². The highest BCUT2D eigenvalue weighted by Crippen LogP contribution is 2.25. The van der Waals surface area contributed by atoms with Crippen molar-refractivity contribution in [2.75, 3.05) is 11.8 Å². The van der Waals surface area contributed by atoms with Crippen molar-refractivity contribution in [2.24, 2.45) is 7.05 Å². The number of hydrogen-bond acceptors (Lipinski definition) is 9. The first-order valence-corrected chi connectivity index (χ1v) is 16.9. The minimum absolute atomic E-state index is 0.175. The van der Waals surface area contributed by atoms with Gasteiger partial charge in [-0.2, -0.15) is 0 Å². The van der Waals surface area contributed by atoms with Gasteiger partial charge < -0.3 is 10.1 Å². The number of hydrogen-bond donors (Lipinski definition) is 2. The van der Waals surface area contributed by atoms with Crippen LogP contribution < -0.4 is 21.3 Å². The molecule has 1 amide bonds. The molecule has 16 heteroatoms. The van der Waals surface area contributed by atoms with Crippen LogP contribution in [0.5, 0.6) is 0 Å². The summed E-state index contributed by atoms with van der Waals surface area (Å²) in [4.78, 5) is 59.6. The first-order chi connectivity index (χ1) is 24.9. The molecule has 0 bridgehead atoms. The number of carbonyl (C=O) groups is 2. The number of nitrogens with one attached hydrogen (secondary N) is 2. The maximum atomic E-state index is 15.2. The molecule has 0 spiro atoms. The number of carbonyl (C=O) groups excluding carboxylic acids is 2. The largest absolute Gasteiger partial charge is 0.467 e. The fourth-order valence-corrected chi connectivity index (χ4v) is 6.58. The van der Waals surface area contributed by atoms with Gasteiger partial charge in [-0.25, -0.2) is 31.4 Å². The van der Waals surface area contributed by atoms with Gasteiger partial charge in [0, 0.05) is 32.1 Å². The SMILES string of the molecule is COC(=O)[C@H](Cc1ccc(-n2c(=O)c3ccncc3n(C)c2=O)cc1)NC(=O)c1c(F)cc(NS(=O)(=O)c2ccc(-c3ccncc3)cc2)cc1F. The molecule has 6 aromatic rings. The fraction of sp³-hybridized carbons (Fsp3) is 0.111. The molecule has 1 atom stereocenters. The Labute approximate surface area is 294 Å². The number of anilines is 1. The Morgan fingerprint density at radius 2 is 1.48 bits per heavy atom. The molecular formula is C36H28F2N6O7S. The van der Waals surface area contributed by atoms with Crippen LogP contribution in [0.15, 0.2) is 118 Å². The van der Waals surface area contributed by atoms with Gasteiger partial charge in [0.1, 0.15) is 23.2 Å². The van der Waals surface area contributed by atoms with E-state index in [4.69, 9.17) is 4.74 Å². The number of fused-ring (bicyclic) bond motifs is 1. The minimum atomic E-state index is -4.28. The van der Waals surface area contributed by atoms with Gasteiger partial charge in [0.15, 0.2) is 0 Å². The number of sulfonamides is 1. The second kappa shape index (κ2) is 14.4. The zero-order chi connectivity index (χ0) is 37.2. The minimum Gasteiger partial charge on any atom is -0.467 e. The van der Waals surface area contributed by atoms with Crippen molar-refractivity contribution >= 4 is 38.5 Å². The summed E-state index contributed by atoms with van der Waals surface area (Å²) in [6, 6.07) is 16.6. The lowest BCUT2D eigenvalue weighted by atomic mass is 10.0. The zero-order valence-corrected chi connectivity index (χ0v) is 28.2. The van der Waals surface area contributed by atoms with Crippen molar-refractivity contribution in [1.82, 2.24) is 24.4 Å². The third-order valence-electron chi connectivity index (χ3n) is 8.20. The number of methoxy groups -OCH3 is 1. The van der Waals surface area contributed by atoms with E-state index in [0.29, 0.717) is 23.2 Å². The highest BCUT2D eigenvalue weighted by molar-refractivity contribution is 7.92. The van der Waals surface area contributed by atoms with Crippen molar-refractivity contribution in [3.8, 4) is 16.8 Å². The van der Waals surface area contributed by atoms with Crippen molar-refractivity contribution < 1.29 is 31.5 Å². The topological polar surface area (TPSA) is 171 Å². The Morgan fingerprint density at radius 3 is 2.12 bits per heavy atom. The molecule has 0 saturated carbocycles. The fourth-order valence-electron chi connectivity index (χ4n) is 5.54. The van der Waals surface area contributed by atoms with Gasteiger partial charge in [-0.15, -0.1) is 0 Å². The summed E-state index contributed by atoms with van der Waals surface area (Å²) in [7, 11) is -1.71. The van der Waals surface area contributed by atoms with Gasteiger partial charge in [-0.1, -0.05) is 24.3 Å². The first-order valence-electron chi connectivity index (χ1n) is 15.4. The maximum absolute atomic E-state index is 15.2. The normalized spacial score (nSPS) is 11.9. The van der Waals surface area contributed by atoms with Crippen molar-refractivity contribution in [2.45, 2.75) is 17.4 Å². The number of esters is 1. The van der Waals surface area contributed by atoms with Crippen LogP contribution in [-0.2, 0) is 33.0 Å². The molecule has 0 radical (unpaired) electrons. The average Bonchev–Trinajstić information content (AvgIpc) is 3.14. The van der Waals surface area contributed by atoms with E-state index in [-0.39, 0.29) is 22.4 Å². The van der Waals surface area contributed by atoms with E-state index in [0.717, 1.165) is 22.8 Å². The molecule has 0 saturated heterocycles. The molecule has 6 rings (SSSR count). The molecule has 3 heterocycles. The van der Waals surface area contributed by atoms with E-state index in [2.05, 4.69) is 20.0 Å². The molecule has 0 unspecified atom stereocenters.